The van der Waals surface area contributed by atoms with E-state index in [-0.39, 0.29) is 30.6 Å². The molecule has 4 nitrogen and oxygen atoms in total. The van der Waals surface area contributed by atoms with Crippen LogP contribution in [0.15, 0.2) is 84.9 Å². The molecule has 1 amide bonds. The standard InChI is InChI=1S/C25H25NO3/c1-29-22-14-12-21(13-15-22)24(27)16-17-25(28)26-23(20-10-6-3-7-11-20)18-19-8-4-2-5-9-19/h2-15,23H,16-18H2,1H3,(H,26,28)/t23-/m1/s1. The number of hydrogen-bond donors (Lipinski definition) is 1. The van der Waals surface area contributed by atoms with Crippen molar-refractivity contribution in [2.45, 2.75) is 25.3 Å². The molecule has 0 aromatic heterocycles. The number of hydrogen-bond acceptors (Lipinski definition) is 3. The van der Waals surface area contributed by atoms with Gasteiger partial charge in [0.1, 0.15) is 5.75 Å². The summed E-state index contributed by atoms with van der Waals surface area (Å²) >= 11 is 0. The number of ketones is 1. The average Bonchev–Trinajstić information content (AvgIpc) is 2.78. The zero-order valence-electron chi connectivity index (χ0n) is 16.5. The minimum atomic E-state index is -0.137. The third-order valence-corrected chi connectivity index (χ3v) is 4.81. The van der Waals surface area contributed by atoms with Gasteiger partial charge >= 0.3 is 0 Å². The molecule has 29 heavy (non-hydrogen) atoms. The zero-order valence-corrected chi connectivity index (χ0v) is 16.5. The highest BCUT2D eigenvalue weighted by Crippen LogP contribution is 2.19. The van der Waals surface area contributed by atoms with E-state index in [1.165, 1.54) is 0 Å². The number of amides is 1. The Morgan fingerprint density at radius 1 is 0.828 bits per heavy atom. The van der Waals surface area contributed by atoms with Gasteiger partial charge in [-0.05, 0) is 41.8 Å². The van der Waals surface area contributed by atoms with Gasteiger partial charge in [-0.15, -0.1) is 0 Å². The molecule has 0 aliphatic carbocycles. The van der Waals surface area contributed by atoms with Crippen molar-refractivity contribution in [1.82, 2.24) is 5.32 Å². The SMILES string of the molecule is COc1ccc(C(=O)CCC(=O)N[C@H](Cc2ccccc2)c2ccccc2)cc1. The van der Waals surface area contributed by atoms with Gasteiger partial charge in [0.25, 0.3) is 0 Å². The highest BCUT2D eigenvalue weighted by Gasteiger charge is 2.16. The summed E-state index contributed by atoms with van der Waals surface area (Å²) in [6.07, 6.45) is 1.02. The van der Waals surface area contributed by atoms with E-state index in [9.17, 15) is 9.59 Å². The van der Waals surface area contributed by atoms with Gasteiger partial charge in [-0.3, -0.25) is 9.59 Å². The summed E-state index contributed by atoms with van der Waals surface area (Å²) in [4.78, 5) is 24.9. The number of ether oxygens (including phenoxy) is 1. The van der Waals surface area contributed by atoms with E-state index in [0.29, 0.717) is 17.7 Å². The molecule has 148 valence electrons. The summed E-state index contributed by atoms with van der Waals surface area (Å²) in [6.45, 7) is 0. The van der Waals surface area contributed by atoms with Crippen molar-refractivity contribution in [3.05, 3.63) is 102 Å². The molecule has 0 saturated heterocycles. The first kappa shape index (κ1) is 20.3. The first-order valence-electron chi connectivity index (χ1n) is 9.71. The Kier molecular flexibility index (Phi) is 7.17. The van der Waals surface area contributed by atoms with Crippen LogP contribution in [0, 0.1) is 0 Å². The maximum absolute atomic E-state index is 12.6. The highest BCUT2D eigenvalue weighted by atomic mass is 16.5. The maximum atomic E-state index is 12.6. The molecular weight excluding hydrogens is 362 g/mol. The van der Waals surface area contributed by atoms with Crippen LogP contribution >= 0.6 is 0 Å². The highest BCUT2D eigenvalue weighted by molar-refractivity contribution is 5.98. The van der Waals surface area contributed by atoms with Crippen LogP contribution in [-0.2, 0) is 11.2 Å². The fourth-order valence-electron chi connectivity index (χ4n) is 3.20. The van der Waals surface area contributed by atoms with Gasteiger partial charge < -0.3 is 10.1 Å². The van der Waals surface area contributed by atoms with E-state index in [1.807, 2.05) is 48.5 Å². The third-order valence-electron chi connectivity index (χ3n) is 4.81. The van der Waals surface area contributed by atoms with Crippen LogP contribution < -0.4 is 10.1 Å². The van der Waals surface area contributed by atoms with E-state index in [2.05, 4.69) is 17.4 Å². The molecule has 1 N–H and O–H groups in total. The van der Waals surface area contributed by atoms with Gasteiger partial charge in [-0.25, -0.2) is 0 Å². The Hall–Kier alpha value is -3.40. The molecule has 1 atom stereocenters. The van der Waals surface area contributed by atoms with Crippen molar-refractivity contribution >= 4 is 11.7 Å². The van der Waals surface area contributed by atoms with Crippen LogP contribution in [0.1, 0.15) is 40.4 Å². The van der Waals surface area contributed by atoms with Crippen molar-refractivity contribution in [3.63, 3.8) is 0 Å². The lowest BCUT2D eigenvalue weighted by Crippen LogP contribution is -2.30. The molecule has 0 bridgehead atoms. The topological polar surface area (TPSA) is 55.4 Å². The van der Waals surface area contributed by atoms with Gasteiger partial charge in [0.05, 0.1) is 13.2 Å². The fourth-order valence-corrected chi connectivity index (χ4v) is 3.20. The second kappa shape index (κ2) is 10.2. The number of benzene rings is 3. The molecular formula is C25H25NO3. The monoisotopic (exact) mass is 387 g/mol. The smallest absolute Gasteiger partial charge is 0.220 e. The van der Waals surface area contributed by atoms with Crippen LogP contribution in [-0.4, -0.2) is 18.8 Å². The summed E-state index contributed by atoms with van der Waals surface area (Å²) in [5, 5.41) is 3.10. The normalized spacial score (nSPS) is 11.5. The Bertz CT molecular complexity index is 921. The van der Waals surface area contributed by atoms with Crippen LogP contribution in [0.5, 0.6) is 5.75 Å². The number of methoxy groups -OCH3 is 1. The molecule has 0 unspecified atom stereocenters. The van der Waals surface area contributed by atoms with Crippen LogP contribution in [0.3, 0.4) is 0 Å². The molecule has 0 fully saturated rings. The van der Waals surface area contributed by atoms with E-state index in [4.69, 9.17) is 4.74 Å². The average molecular weight is 387 g/mol. The molecule has 4 heteroatoms. The van der Waals surface area contributed by atoms with Crippen LogP contribution in [0.2, 0.25) is 0 Å². The first-order valence-corrected chi connectivity index (χ1v) is 9.71. The Morgan fingerprint density at radius 2 is 1.45 bits per heavy atom. The first-order chi connectivity index (χ1) is 14.2. The zero-order chi connectivity index (χ0) is 20.5. The summed E-state index contributed by atoms with van der Waals surface area (Å²) in [5.74, 6) is 0.518. The lowest BCUT2D eigenvalue weighted by Gasteiger charge is -2.19. The molecule has 0 aliphatic heterocycles. The van der Waals surface area contributed by atoms with Gasteiger partial charge in [-0.2, -0.15) is 0 Å². The molecule has 0 saturated carbocycles. The van der Waals surface area contributed by atoms with Crippen molar-refractivity contribution in [2.75, 3.05) is 7.11 Å². The predicted molar refractivity (Wildman–Crippen MR) is 114 cm³/mol. The maximum Gasteiger partial charge on any atom is 0.220 e. The number of nitrogens with one attached hydrogen (secondary N) is 1. The van der Waals surface area contributed by atoms with E-state index in [0.717, 1.165) is 11.1 Å². The fraction of sp³-hybridized carbons (Fsp3) is 0.200. The quantitative estimate of drug-likeness (QED) is 0.539. The van der Waals surface area contributed by atoms with E-state index >= 15 is 0 Å². The molecule has 3 aromatic rings. The van der Waals surface area contributed by atoms with E-state index < -0.39 is 0 Å². The molecule has 0 radical (unpaired) electrons. The van der Waals surface area contributed by atoms with Crippen molar-refractivity contribution in [3.8, 4) is 5.75 Å². The van der Waals surface area contributed by atoms with Crippen LogP contribution in [0.4, 0.5) is 0 Å². The minimum Gasteiger partial charge on any atom is -0.497 e. The summed E-state index contributed by atoms with van der Waals surface area (Å²) in [5.41, 5.74) is 2.78. The predicted octanol–water partition coefficient (Wildman–Crippen LogP) is 4.76. The lowest BCUT2D eigenvalue weighted by atomic mass is 9.98. The van der Waals surface area contributed by atoms with Gasteiger partial charge in [0, 0.05) is 18.4 Å². The Labute approximate surface area is 171 Å². The van der Waals surface area contributed by atoms with Gasteiger partial charge in [0.2, 0.25) is 5.91 Å². The third kappa shape index (κ3) is 6.04. The van der Waals surface area contributed by atoms with Crippen molar-refractivity contribution in [1.29, 1.82) is 0 Å². The minimum absolute atomic E-state index is 0.0536. The molecule has 3 rings (SSSR count). The Balaban J connectivity index is 1.61. The number of carbonyl (C=O) groups is 2. The second-order valence-electron chi connectivity index (χ2n) is 6.87. The van der Waals surface area contributed by atoms with E-state index in [1.54, 1.807) is 31.4 Å². The molecule has 3 aromatic carbocycles. The number of carbonyl (C=O) groups excluding carboxylic acids is 2. The lowest BCUT2D eigenvalue weighted by molar-refractivity contribution is -0.121. The molecule has 0 spiro atoms. The Morgan fingerprint density at radius 3 is 2.07 bits per heavy atom. The second-order valence-corrected chi connectivity index (χ2v) is 6.87. The molecule has 0 heterocycles. The largest absolute Gasteiger partial charge is 0.497 e. The summed E-state index contributed by atoms with van der Waals surface area (Å²) in [6, 6.07) is 26.8. The van der Waals surface area contributed by atoms with Gasteiger partial charge in [-0.1, -0.05) is 60.7 Å². The van der Waals surface area contributed by atoms with Crippen molar-refractivity contribution < 1.29 is 14.3 Å². The van der Waals surface area contributed by atoms with Crippen molar-refractivity contribution in [2.24, 2.45) is 0 Å². The number of Topliss-reactive ketones (excluding diaryl/α,β-unsaturated/α-hetero) is 1. The number of rotatable bonds is 9. The summed E-state index contributed by atoms with van der Waals surface area (Å²) < 4.78 is 5.11. The summed E-state index contributed by atoms with van der Waals surface area (Å²) in [7, 11) is 1.58. The van der Waals surface area contributed by atoms with Gasteiger partial charge in [0.15, 0.2) is 5.78 Å². The molecule has 0 aliphatic rings. The van der Waals surface area contributed by atoms with Crippen LogP contribution in [0.25, 0.3) is 0 Å².